The van der Waals surface area contributed by atoms with Gasteiger partial charge < -0.3 is 16.4 Å². The minimum Gasteiger partial charge on any atom is -0.382 e. The lowest BCUT2D eigenvalue weighted by Gasteiger charge is -2.04. The van der Waals surface area contributed by atoms with Gasteiger partial charge in [-0.25, -0.2) is 4.98 Å². The molecule has 8 heteroatoms. The van der Waals surface area contributed by atoms with Gasteiger partial charge in [-0.05, 0) is 12.5 Å². The van der Waals surface area contributed by atoms with Crippen molar-refractivity contribution in [3.8, 4) is 0 Å². The molecule has 0 aliphatic heterocycles. The summed E-state index contributed by atoms with van der Waals surface area (Å²) in [5.41, 5.74) is 6.86. The quantitative estimate of drug-likeness (QED) is 0.715. The van der Waals surface area contributed by atoms with Crippen LogP contribution in [0, 0.1) is 0 Å². The molecule has 0 saturated heterocycles. The number of nitrogen functional groups attached to an aromatic ring is 1. The maximum Gasteiger partial charge on any atom is 0.265 e. The van der Waals surface area contributed by atoms with E-state index >= 15 is 0 Å². The highest BCUT2D eigenvalue weighted by atomic mass is 32.1. The molecular formula is C13H20N6OS. The van der Waals surface area contributed by atoms with Crippen molar-refractivity contribution in [2.45, 2.75) is 19.8 Å². The summed E-state index contributed by atoms with van der Waals surface area (Å²) in [4.78, 5) is 16.7. The summed E-state index contributed by atoms with van der Waals surface area (Å²) < 4.78 is 1.79. The van der Waals surface area contributed by atoms with Crippen LogP contribution in [-0.4, -0.2) is 33.8 Å². The Morgan fingerprint density at radius 2 is 2.29 bits per heavy atom. The molecule has 0 saturated carbocycles. The van der Waals surface area contributed by atoms with E-state index < -0.39 is 0 Å². The molecule has 1 amide bonds. The van der Waals surface area contributed by atoms with Crippen LogP contribution in [0.4, 0.5) is 10.9 Å². The topological polar surface area (TPSA) is 97.9 Å². The number of nitrogens with zero attached hydrogens (tertiary/aromatic N) is 3. The van der Waals surface area contributed by atoms with Crippen molar-refractivity contribution in [1.82, 2.24) is 20.1 Å². The molecule has 2 aromatic heterocycles. The van der Waals surface area contributed by atoms with E-state index in [9.17, 15) is 4.79 Å². The lowest BCUT2D eigenvalue weighted by atomic mass is 10.3. The normalized spacial score (nSPS) is 10.6. The Bertz CT molecular complexity index is 606. The predicted octanol–water partition coefficient (Wildman–Crippen LogP) is 1.25. The summed E-state index contributed by atoms with van der Waals surface area (Å²) in [6, 6.07) is 1.93. The van der Waals surface area contributed by atoms with Crippen LogP contribution in [0.5, 0.6) is 0 Å². The average molecular weight is 308 g/mol. The van der Waals surface area contributed by atoms with E-state index in [0.29, 0.717) is 16.6 Å². The van der Waals surface area contributed by atoms with E-state index in [4.69, 9.17) is 5.73 Å². The van der Waals surface area contributed by atoms with Gasteiger partial charge in [0, 0.05) is 38.4 Å². The molecule has 21 heavy (non-hydrogen) atoms. The zero-order valence-corrected chi connectivity index (χ0v) is 13.0. The lowest BCUT2D eigenvalue weighted by molar-refractivity contribution is 0.0958. The molecule has 0 spiro atoms. The number of aromatic nitrogens is 3. The first-order chi connectivity index (χ1) is 10.1. The summed E-state index contributed by atoms with van der Waals surface area (Å²) in [7, 11) is 1.88. The van der Waals surface area contributed by atoms with Crippen molar-refractivity contribution in [2.75, 3.05) is 24.1 Å². The van der Waals surface area contributed by atoms with Crippen molar-refractivity contribution in [3.63, 3.8) is 0 Å². The molecule has 2 aromatic rings. The first-order valence-corrected chi connectivity index (χ1v) is 7.68. The van der Waals surface area contributed by atoms with Gasteiger partial charge in [0.05, 0.1) is 0 Å². The summed E-state index contributed by atoms with van der Waals surface area (Å²) in [5, 5.41) is 10.8. The summed E-state index contributed by atoms with van der Waals surface area (Å²) in [6.45, 7) is 3.41. The third kappa shape index (κ3) is 3.94. The number of aryl methyl sites for hydroxylation is 1. The Kier molecular flexibility index (Phi) is 5.15. The standard InChI is InChI=1S/C13H20N6OS/c1-3-6-16-13-18-11(14)10(21-13)12(20)15-7-4-9-5-8-17-19(9)2/h5,8H,3-4,6-7,14H2,1-2H3,(H,15,20)(H,16,18). The molecule has 0 unspecified atom stereocenters. The highest BCUT2D eigenvalue weighted by molar-refractivity contribution is 7.18. The highest BCUT2D eigenvalue weighted by Gasteiger charge is 2.15. The van der Waals surface area contributed by atoms with Crippen molar-refractivity contribution in [1.29, 1.82) is 0 Å². The Labute approximate surface area is 127 Å². The number of nitrogens with two attached hydrogens (primary N) is 1. The van der Waals surface area contributed by atoms with Crippen molar-refractivity contribution in [3.05, 3.63) is 22.8 Å². The smallest absolute Gasteiger partial charge is 0.265 e. The Hall–Kier alpha value is -2.09. The van der Waals surface area contributed by atoms with Gasteiger partial charge in [-0.15, -0.1) is 0 Å². The molecule has 0 fully saturated rings. The van der Waals surface area contributed by atoms with Crippen LogP contribution < -0.4 is 16.4 Å². The van der Waals surface area contributed by atoms with Crippen LogP contribution in [0.15, 0.2) is 12.3 Å². The van der Waals surface area contributed by atoms with E-state index in [1.54, 1.807) is 10.9 Å². The molecule has 0 aliphatic rings. The number of rotatable bonds is 7. The summed E-state index contributed by atoms with van der Waals surface area (Å²) in [5.74, 6) is 0.0911. The number of nitrogens with one attached hydrogen (secondary N) is 2. The SMILES string of the molecule is CCCNc1nc(N)c(C(=O)NCCc2ccnn2C)s1. The lowest BCUT2D eigenvalue weighted by Crippen LogP contribution is -2.26. The first kappa shape index (κ1) is 15.3. The Morgan fingerprint density at radius 1 is 1.48 bits per heavy atom. The van der Waals surface area contributed by atoms with Gasteiger partial charge in [0.15, 0.2) is 5.13 Å². The molecule has 4 N–H and O–H groups in total. The second-order valence-corrected chi connectivity index (χ2v) is 5.61. The fourth-order valence-corrected chi connectivity index (χ4v) is 2.66. The van der Waals surface area contributed by atoms with Gasteiger partial charge in [-0.2, -0.15) is 5.10 Å². The molecular weight excluding hydrogens is 288 g/mol. The van der Waals surface area contributed by atoms with Crippen LogP contribution >= 0.6 is 11.3 Å². The number of thiazole rings is 1. The number of carbonyl (C=O) groups excluding carboxylic acids is 1. The summed E-state index contributed by atoms with van der Waals surface area (Å²) >= 11 is 1.28. The van der Waals surface area contributed by atoms with Gasteiger partial charge >= 0.3 is 0 Å². The largest absolute Gasteiger partial charge is 0.382 e. The number of hydrogen-bond donors (Lipinski definition) is 3. The van der Waals surface area contributed by atoms with E-state index in [0.717, 1.165) is 25.1 Å². The van der Waals surface area contributed by atoms with Gasteiger partial charge in [-0.1, -0.05) is 18.3 Å². The number of carbonyl (C=O) groups is 1. The van der Waals surface area contributed by atoms with Crippen LogP contribution in [0.25, 0.3) is 0 Å². The molecule has 2 heterocycles. The second-order valence-electron chi connectivity index (χ2n) is 4.61. The molecule has 114 valence electrons. The molecule has 0 atom stereocenters. The van der Waals surface area contributed by atoms with Crippen LogP contribution in [-0.2, 0) is 13.5 Å². The molecule has 0 aliphatic carbocycles. The van der Waals surface area contributed by atoms with E-state index in [1.807, 2.05) is 13.1 Å². The van der Waals surface area contributed by atoms with Crippen molar-refractivity contribution in [2.24, 2.45) is 7.05 Å². The number of hydrogen-bond acceptors (Lipinski definition) is 6. The monoisotopic (exact) mass is 308 g/mol. The highest BCUT2D eigenvalue weighted by Crippen LogP contribution is 2.24. The Balaban J connectivity index is 1.88. The zero-order valence-electron chi connectivity index (χ0n) is 12.2. The fraction of sp³-hybridized carbons (Fsp3) is 0.462. The average Bonchev–Trinajstić information content (AvgIpc) is 3.03. The number of amides is 1. The molecule has 2 rings (SSSR count). The van der Waals surface area contributed by atoms with Crippen molar-refractivity contribution < 1.29 is 4.79 Å². The van der Waals surface area contributed by atoms with Crippen LogP contribution in [0.1, 0.15) is 28.7 Å². The third-order valence-corrected chi connectivity index (χ3v) is 4.00. The fourth-order valence-electron chi connectivity index (χ4n) is 1.83. The van der Waals surface area contributed by atoms with Gasteiger partial charge in [0.2, 0.25) is 0 Å². The first-order valence-electron chi connectivity index (χ1n) is 6.87. The molecule has 0 bridgehead atoms. The minimum atomic E-state index is -0.184. The maximum atomic E-state index is 12.1. The van der Waals surface area contributed by atoms with Crippen molar-refractivity contribution >= 4 is 28.2 Å². The predicted molar refractivity (Wildman–Crippen MR) is 84.6 cm³/mol. The summed E-state index contributed by atoms with van der Waals surface area (Å²) in [6.07, 6.45) is 3.46. The molecule has 7 nitrogen and oxygen atoms in total. The van der Waals surface area contributed by atoms with E-state index in [1.165, 1.54) is 11.3 Å². The van der Waals surface area contributed by atoms with E-state index in [-0.39, 0.29) is 11.7 Å². The molecule has 0 aromatic carbocycles. The van der Waals surface area contributed by atoms with Gasteiger partial charge in [-0.3, -0.25) is 9.48 Å². The molecule has 0 radical (unpaired) electrons. The van der Waals surface area contributed by atoms with Gasteiger partial charge in [0.25, 0.3) is 5.91 Å². The van der Waals surface area contributed by atoms with Crippen LogP contribution in [0.2, 0.25) is 0 Å². The number of anilines is 2. The second kappa shape index (κ2) is 7.07. The maximum absolute atomic E-state index is 12.1. The minimum absolute atomic E-state index is 0.184. The zero-order chi connectivity index (χ0) is 15.2. The Morgan fingerprint density at radius 3 is 2.95 bits per heavy atom. The third-order valence-electron chi connectivity index (χ3n) is 2.97. The van der Waals surface area contributed by atoms with E-state index in [2.05, 4.69) is 27.6 Å². The van der Waals surface area contributed by atoms with Gasteiger partial charge in [0.1, 0.15) is 10.7 Å². The van der Waals surface area contributed by atoms with Crippen LogP contribution in [0.3, 0.4) is 0 Å².